The van der Waals surface area contributed by atoms with Crippen LogP contribution in [0.15, 0.2) is 23.8 Å². The fourth-order valence-corrected chi connectivity index (χ4v) is 1.67. The monoisotopic (exact) mass is 250 g/mol. The van der Waals surface area contributed by atoms with Crippen molar-refractivity contribution in [3.8, 4) is 0 Å². The Kier molecular flexibility index (Phi) is 3.91. The van der Waals surface area contributed by atoms with E-state index in [2.05, 4.69) is 16.3 Å². The molecule has 2 heterocycles. The third-order valence-corrected chi connectivity index (χ3v) is 2.24. The summed E-state index contributed by atoms with van der Waals surface area (Å²) in [4.78, 5) is 5.24. The lowest BCUT2D eigenvalue weighted by Gasteiger charge is -2.17. The average Bonchev–Trinajstić information content (AvgIpc) is 2.49. The molecule has 0 aliphatic heterocycles. The van der Waals surface area contributed by atoms with E-state index < -0.39 is 10.2 Å². The molecule has 8 heteroatoms. The summed E-state index contributed by atoms with van der Waals surface area (Å²) in [5.41, 5.74) is 1.23. The molecular formula is C7H7ClN2O4S. The molecule has 0 bridgehead atoms. The lowest BCUT2D eigenvalue weighted by atomic mass is 10.4. The summed E-state index contributed by atoms with van der Waals surface area (Å²) in [5.74, 6) is 0. The molecule has 0 amide bonds. The molecule has 0 fully saturated rings. The van der Waals surface area contributed by atoms with Crippen molar-refractivity contribution in [1.82, 2.24) is 4.98 Å². The number of rotatable bonds is 0. The highest BCUT2D eigenvalue weighted by atomic mass is 35.7. The second-order valence-electron chi connectivity index (χ2n) is 2.52. The van der Waals surface area contributed by atoms with Crippen molar-refractivity contribution in [2.24, 2.45) is 0 Å². The normalized spacial score (nSPS) is 11.0. The first-order chi connectivity index (χ1) is 6.88. The van der Waals surface area contributed by atoms with Gasteiger partial charge in [0.2, 0.25) is 0 Å². The second kappa shape index (κ2) is 4.79. The van der Waals surface area contributed by atoms with Crippen LogP contribution in [-0.2, 0) is 0 Å². The maximum absolute atomic E-state index is 8.49. The minimum absolute atomic E-state index is 1.06. The van der Waals surface area contributed by atoms with E-state index in [1.165, 1.54) is 5.69 Å². The smallest absolute Gasteiger partial charge is 0.222 e. The van der Waals surface area contributed by atoms with Gasteiger partial charge in [-0.15, -0.1) is 10.2 Å². The van der Waals surface area contributed by atoms with Gasteiger partial charge in [-0.05, 0) is 11.9 Å². The standard InChI is InChI=1S/C7H7N2S.ClHO4/c1-6-2-3-8-7-9(6)4-5-10-7;2-1(3,4)5/h2-5H,1H3;(H,2,3,4,5)/q+1;/p-1. The molecule has 0 aliphatic rings. The first-order valence-electron chi connectivity index (χ1n) is 3.70. The van der Waals surface area contributed by atoms with Gasteiger partial charge in [0.05, 0.1) is 0 Å². The first-order valence-corrected chi connectivity index (χ1v) is 5.81. The molecule has 0 saturated carbocycles. The van der Waals surface area contributed by atoms with Crippen LogP contribution in [0.4, 0.5) is 0 Å². The average molecular weight is 251 g/mol. The van der Waals surface area contributed by atoms with Crippen molar-refractivity contribution in [1.29, 1.82) is 0 Å². The highest BCUT2D eigenvalue weighted by Gasteiger charge is 2.04. The molecule has 0 saturated heterocycles. The van der Waals surface area contributed by atoms with Crippen molar-refractivity contribution in [2.45, 2.75) is 6.92 Å². The number of hydrogen-bond donors (Lipinski definition) is 0. The van der Waals surface area contributed by atoms with Gasteiger partial charge in [0.15, 0.2) is 0 Å². The van der Waals surface area contributed by atoms with Gasteiger partial charge in [0.1, 0.15) is 18.1 Å². The van der Waals surface area contributed by atoms with E-state index in [9.17, 15) is 0 Å². The summed E-state index contributed by atoms with van der Waals surface area (Å²) in [6.45, 7) is 2.07. The minimum atomic E-state index is -4.94. The van der Waals surface area contributed by atoms with Crippen molar-refractivity contribution in [3.05, 3.63) is 29.5 Å². The van der Waals surface area contributed by atoms with E-state index in [1.54, 1.807) is 11.3 Å². The van der Waals surface area contributed by atoms with Crippen LogP contribution in [0.3, 0.4) is 0 Å². The van der Waals surface area contributed by atoms with E-state index in [0.29, 0.717) is 0 Å². The Bertz CT molecular complexity index is 436. The first kappa shape index (κ1) is 12.2. The summed E-state index contributed by atoms with van der Waals surface area (Å²) >= 11 is 1.65. The minimum Gasteiger partial charge on any atom is -0.222 e. The zero-order valence-corrected chi connectivity index (χ0v) is 9.20. The van der Waals surface area contributed by atoms with Gasteiger partial charge in [0, 0.05) is 11.4 Å². The molecule has 6 nitrogen and oxygen atoms in total. The number of aromatic nitrogens is 2. The SMILES string of the molecule is Cc1ccnc2scc[n+]12.[O-][Cl+3]([O-])([O-])[O-]. The van der Waals surface area contributed by atoms with E-state index >= 15 is 0 Å². The van der Waals surface area contributed by atoms with E-state index in [4.69, 9.17) is 18.6 Å². The molecule has 0 unspecified atom stereocenters. The summed E-state index contributed by atoms with van der Waals surface area (Å²) in [5, 5.41) is 2.04. The lowest BCUT2D eigenvalue weighted by molar-refractivity contribution is -2.00. The van der Waals surface area contributed by atoms with E-state index in [0.717, 1.165) is 4.96 Å². The van der Waals surface area contributed by atoms with Gasteiger partial charge in [-0.1, -0.05) is 11.3 Å². The summed E-state index contributed by atoms with van der Waals surface area (Å²) in [6, 6.07) is 2.00. The molecule has 2 aromatic heterocycles. The number of fused-ring (bicyclic) bond motifs is 1. The fourth-order valence-electron chi connectivity index (χ4n) is 0.923. The van der Waals surface area contributed by atoms with Gasteiger partial charge >= 0.3 is 4.96 Å². The predicted octanol–water partition coefficient (Wildman–Crippen LogP) is -3.57. The predicted molar refractivity (Wildman–Crippen MR) is 40.0 cm³/mol. The van der Waals surface area contributed by atoms with Crippen LogP contribution in [0.1, 0.15) is 5.69 Å². The topological polar surface area (TPSA) is 109 Å². The van der Waals surface area contributed by atoms with Crippen LogP contribution in [0, 0.1) is 17.2 Å². The molecule has 0 aromatic carbocycles. The molecule has 2 rings (SSSR count). The molecule has 0 radical (unpaired) electrons. The Labute approximate surface area is 91.4 Å². The molecule has 2 aromatic rings. The summed E-state index contributed by atoms with van der Waals surface area (Å²) < 4.78 is 36.0. The van der Waals surface area contributed by atoms with Crippen molar-refractivity contribution in [3.63, 3.8) is 0 Å². The van der Waals surface area contributed by atoms with E-state index in [-0.39, 0.29) is 0 Å². The maximum Gasteiger partial charge on any atom is 0.386 e. The van der Waals surface area contributed by atoms with Gasteiger partial charge in [-0.25, -0.2) is 18.6 Å². The molecule has 0 N–H and O–H groups in total. The molecule has 15 heavy (non-hydrogen) atoms. The Morgan fingerprint density at radius 2 is 1.93 bits per heavy atom. The van der Waals surface area contributed by atoms with Crippen LogP contribution < -0.4 is 23.0 Å². The molecule has 82 valence electrons. The number of nitrogens with zero attached hydrogens (tertiary/aromatic N) is 2. The highest BCUT2D eigenvalue weighted by Crippen LogP contribution is 2.01. The quantitative estimate of drug-likeness (QED) is 0.450. The van der Waals surface area contributed by atoms with Crippen LogP contribution in [0.2, 0.25) is 0 Å². The Hall–Kier alpha value is -0.830. The zero-order valence-electron chi connectivity index (χ0n) is 7.62. The Morgan fingerprint density at radius 3 is 2.47 bits per heavy atom. The molecule has 0 spiro atoms. The number of hydrogen-bond acceptors (Lipinski definition) is 6. The summed E-state index contributed by atoms with van der Waals surface area (Å²) in [7, 11) is -4.94. The molecule has 0 atom stereocenters. The van der Waals surface area contributed by atoms with Gasteiger partial charge < -0.3 is 0 Å². The highest BCUT2D eigenvalue weighted by molar-refractivity contribution is 7.14. The number of thiazole rings is 1. The van der Waals surface area contributed by atoms with Gasteiger partial charge in [-0.2, -0.15) is 4.40 Å². The lowest BCUT2D eigenvalue weighted by Crippen LogP contribution is -2.68. The molecular weight excluding hydrogens is 244 g/mol. The van der Waals surface area contributed by atoms with Gasteiger partial charge in [0.25, 0.3) is 0 Å². The Balaban J connectivity index is 0.000000195. The van der Waals surface area contributed by atoms with Crippen LogP contribution in [0.25, 0.3) is 4.96 Å². The van der Waals surface area contributed by atoms with Crippen LogP contribution in [0.5, 0.6) is 0 Å². The number of halogens is 1. The maximum atomic E-state index is 8.49. The van der Waals surface area contributed by atoms with E-state index in [1.807, 2.05) is 23.8 Å². The van der Waals surface area contributed by atoms with Gasteiger partial charge in [-0.3, -0.25) is 0 Å². The fraction of sp³-hybridized carbons (Fsp3) is 0.143. The third kappa shape index (κ3) is 4.47. The third-order valence-electron chi connectivity index (χ3n) is 1.47. The van der Waals surface area contributed by atoms with Crippen molar-refractivity contribution < 1.29 is 33.3 Å². The van der Waals surface area contributed by atoms with Crippen LogP contribution in [-0.4, -0.2) is 4.98 Å². The van der Waals surface area contributed by atoms with Crippen LogP contribution >= 0.6 is 11.3 Å². The zero-order chi connectivity index (χ0) is 11.5. The number of aryl methyl sites for hydroxylation is 1. The Morgan fingerprint density at radius 1 is 1.33 bits per heavy atom. The molecule has 0 aliphatic carbocycles. The largest absolute Gasteiger partial charge is 0.386 e. The van der Waals surface area contributed by atoms with Crippen molar-refractivity contribution in [2.75, 3.05) is 0 Å². The van der Waals surface area contributed by atoms with Crippen molar-refractivity contribution >= 4 is 16.3 Å². The second-order valence-corrected chi connectivity index (χ2v) is 4.15. The summed E-state index contributed by atoms with van der Waals surface area (Å²) in [6.07, 6.45) is 3.86.